The minimum absolute atomic E-state index is 0.417. The van der Waals surface area contributed by atoms with E-state index in [1.54, 1.807) is 24.3 Å². The van der Waals surface area contributed by atoms with Crippen LogP contribution < -0.4 is 15.8 Å². The monoisotopic (exact) mass is 357 g/mol. The summed E-state index contributed by atoms with van der Waals surface area (Å²) in [5.41, 5.74) is 8.18. The summed E-state index contributed by atoms with van der Waals surface area (Å²) in [6.45, 7) is 0.420. The predicted octanol–water partition coefficient (Wildman–Crippen LogP) is 4.04. The van der Waals surface area contributed by atoms with Gasteiger partial charge in [0.15, 0.2) is 0 Å². The number of carbonyl (C=O) groups excluding carboxylic acids is 1. The minimum Gasteiger partial charge on any atom is -0.489 e. The summed E-state index contributed by atoms with van der Waals surface area (Å²) in [7, 11) is 0. The summed E-state index contributed by atoms with van der Waals surface area (Å²) in [5, 5.41) is 12.8. The summed E-state index contributed by atoms with van der Waals surface area (Å²) in [6, 6.07) is 25.6. The highest BCUT2D eigenvalue weighted by molar-refractivity contribution is 5.93. The Morgan fingerprint density at radius 1 is 1.00 bits per heavy atom. The first-order valence-corrected chi connectivity index (χ1v) is 8.49. The van der Waals surface area contributed by atoms with E-state index in [1.807, 2.05) is 54.6 Å². The van der Waals surface area contributed by atoms with Gasteiger partial charge in [-0.1, -0.05) is 48.5 Å². The molecule has 3 N–H and O–H groups in total. The van der Waals surface area contributed by atoms with Crippen molar-refractivity contribution < 1.29 is 9.53 Å². The zero-order valence-electron chi connectivity index (χ0n) is 14.6. The molecule has 5 heteroatoms. The standard InChI is InChI=1S/C22H19N3O2/c23-14-20(25-18-12-10-17(11-13-18)22(24)26)19-8-4-5-9-21(19)27-15-16-6-2-1-3-7-16/h1-13,20,25H,15H2,(H2,24,26). The van der Waals surface area contributed by atoms with Crippen LogP contribution in [0.1, 0.15) is 27.5 Å². The van der Waals surface area contributed by atoms with Crippen LogP contribution in [0, 0.1) is 11.3 Å². The van der Waals surface area contributed by atoms with Crippen molar-refractivity contribution in [2.75, 3.05) is 5.32 Å². The van der Waals surface area contributed by atoms with E-state index >= 15 is 0 Å². The number of primary amides is 1. The molecule has 0 bridgehead atoms. The van der Waals surface area contributed by atoms with Crippen LogP contribution in [0.3, 0.4) is 0 Å². The lowest BCUT2D eigenvalue weighted by atomic mass is 10.1. The summed E-state index contributed by atoms with van der Waals surface area (Å²) in [6.07, 6.45) is 0. The topological polar surface area (TPSA) is 88.1 Å². The van der Waals surface area contributed by atoms with Crippen LogP contribution in [0.15, 0.2) is 78.9 Å². The molecule has 134 valence electrons. The summed E-state index contributed by atoms with van der Waals surface area (Å²) in [4.78, 5) is 11.2. The SMILES string of the molecule is N#CC(Nc1ccc(C(N)=O)cc1)c1ccccc1OCc1ccccc1. The Labute approximate surface area is 158 Å². The molecule has 0 spiro atoms. The Bertz CT molecular complexity index is 947. The fourth-order valence-corrected chi connectivity index (χ4v) is 2.66. The lowest BCUT2D eigenvalue weighted by molar-refractivity contribution is 0.100. The van der Waals surface area contributed by atoms with Crippen molar-refractivity contribution in [3.8, 4) is 11.8 Å². The molecule has 0 heterocycles. The van der Waals surface area contributed by atoms with Gasteiger partial charge in [0, 0.05) is 16.8 Å². The van der Waals surface area contributed by atoms with E-state index < -0.39 is 11.9 Å². The van der Waals surface area contributed by atoms with Gasteiger partial charge in [-0.25, -0.2) is 0 Å². The van der Waals surface area contributed by atoms with Gasteiger partial charge in [-0.05, 0) is 35.9 Å². The van der Waals surface area contributed by atoms with Crippen LogP contribution in [0.5, 0.6) is 5.75 Å². The Hall–Kier alpha value is -3.78. The average Bonchev–Trinajstić information content (AvgIpc) is 2.72. The third kappa shape index (κ3) is 4.65. The number of rotatable bonds is 7. The molecule has 27 heavy (non-hydrogen) atoms. The highest BCUT2D eigenvalue weighted by atomic mass is 16.5. The number of hydrogen-bond acceptors (Lipinski definition) is 4. The fraction of sp³-hybridized carbons (Fsp3) is 0.0909. The number of nitrogens with zero attached hydrogens (tertiary/aromatic N) is 1. The molecule has 0 aromatic heterocycles. The Morgan fingerprint density at radius 3 is 2.33 bits per heavy atom. The molecule has 0 aliphatic heterocycles. The molecular formula is C22H19N3O2. The zero-order valence-corrected chi connectivity index (χ0v) is 14.6. The molecular weight excluding hydrogens is 338 g/mol. The first-order valence-electron chi connectivity index (χ1n) is 8.49. The van der Waals surface area contributed by atoms with Crippen molar-refractivity contribution in [1.82, 2.24) is 0 Å². The second kappa shape index (κ2) is 8.54. The molecule has 0 saturated carbocycles. The molecule has 3 aromatic carbocycles. The van der Waals surface area contributed by atoms with Gasteiger partial charge in [0.25, 0.3) is 0 Å². The van der Waals surface area contributed by atoms with Gasteiger partial charge in [0.05, 0.1) is 6.07 Å². The van der Waals surface area contributed by atoms with E-state index in [4.69, 9.17) is 10.5 Å². The Kier molecular flexibility index (Phi) is 5.70. The van der Waals surface area contributed by atoms with Crippen molar-refractivity contribution in [3.63, 3.8) is 0 Å². The molecule has 1 unspecified atom stereocenters. The summed E-state index contributed by atoms with van der Waals surface area (Å²) in [5.74, 6) is 0.159. The number of amides is 1. The highest BCUT2D eigenvalue weighted by Crippen LogP contribution is 2.28. The molecule has 3 aromatic rings. The minimum atomic E-state index is -0.601. The number of nitrogens with two attached hydrogens (primary N) is 1. The first-order chi connectivity index (χ1) is 13.2. The van der Waals surface area contributed by atoms with Crippen molar-refractivity contribution in [1.29, 1.82) is 5.26 Å². The maximum Gasteiger partial charge on any atom is 0.248 e. The lowest BCUT2D eigenvalue weighted by Crippen LogP contribution is -2.12. The number of benzene rings is 3. The van der Waals surface area contributed by atoms with Crippen molar-refractivity contribution in [2.45, 2.75) is 12.6 Å². The van der Waals surface area contributed by atoms with Crippen LogP contribution >= 0.6 is 0 Å². The molecule has 0 aliphatic rings. The van der Waals surface area contributed by atoms with Crippen molar-refractivity contribution >= 4 is 11.6 Å². The highest BCUT2D eigenvalue weighted by Gasteiger charge is 2.16. The first kappa shape index (κ1) is 18.0. The number of ether oxygens (including phenoxy) is 1. The van der Waals surface area contributed by atoms with Gasteiger partial charge in [-0.15, -0.1) is 0 Å². The van der Waals surface area contributed by atoms with Gasteiger partial charge in [0.1, 0.15) is 18.4 Å². The maximum absolute atomic E-state index is 11.2. The molecule has 1 atom stereocenters. The number of anilines is 1. The average molecular weight is 357 g/mol. The second-order valence-electron chi connectivity index (χ2n) is 5.96. The van der Waals surface area contributed by atoms with Gasteiger partial charge >= 0.3 is 0 Å². The van der Waals surface area contributed by atoms with Crippen molar-refractivity contribution in [3.05, 3.63) is 95.6 Å². The van der Waals surface area contributed by atoms with Crippen LogP contribution in [-0.4, -0.2) is 5.91 Å². The van der Waals surface area contributed by atoms with Crippen LogP contribution in [0.4, 0.5) is 5.69 Å². The number of hydrogen-bond donors (Lipinski definition) is 2. The molecule has 3 rings (SSSR count). The van der Waals surface area contributed by atoms with Crippen molar-refractivity contribution in [2.24, 2.45) is 5.73 Å². The van der Waals surface area contributed by atoms with Crippen LogP contribution in [0.2, 0.25) is 0 Å². The normalized spacial score (nSPS) is 11.2. The largest absolute Gasteiger partial charge is 0.489 e. The van der Waals surface area contributed by atoms with E-state index in [-0.39, 0.29) is 0 Å². The quantitative estimate of drug-likeness (QED) is 0.668. The maximum atomic E-state index is 11.2. The number of para-hydroxylation sites is 1. The second-order valence-corrected chi connectivity index (χ2v) is 5.96. The van der Waals surface area contributed by atoms with Gasteiger partial charge in [-0.3, -0.25) is 4.79 Å². The molecule has 0 saturated heterocycles. The zero-order chi connectivity index (χ0) is 19.1. The Balaban J connectivity index is 1.77. The van der Waals surface area contributed by atoms with E-state index in [0.717, 1.165) is 11.1 Å². The fourth-order valence-electron chi connectivity index (χ4n) is 2.66. The van der Waals surface area contributed by atoms with Gasteiger partial charge in [-0.2, -0.15) is 5.26 Å². The number of nitriles is 1. The van der Waals surface area contributed by atoms with Gasteiger partial charge < -0.3 is 15.8 Å². The number of carbonyl (C=O) groups is 1. The molecule has 5 nitrogen and oxygen atoms in total. The lowest BCUT2D eigenvalue weighted by Gasteiger charge is -2.17. The molecule has 0 aliphatic carbocycles. The molecule has 0 radical (unpaired) electrons. The molecule has 0 fully saturated rings. The smallest absolute Gasteiger partial charge is 0.248 e. The Morgan fingerprint density at radius 2 is 1.67 bits per heavy atom. The van der Waals surface area contributed by atoms with E-state index in [9.17, 15) is 10.1 Å². The van der Waals surface area contributed by atoms with E-state index in [1.165, 1.54) is 0 Å². The third-order valence-electron chi connectivity index (χ3n) is 4.08. The summed E-state index contributed by atoms with van der Waals surface area (Å²) >= 11 is 0. The number of nitrogens with one attached hydrogen (secondary N) is 1. The van der Waals surface area contributed by atoms with E-state index in [2.05, 4.69) is 11.4 Å². The van der Waals surface area contributed by atoms with Gasteiger partial charge in [0.2, 0.25) is 5.91 Å². The third-order valence-corrected chi connectivity index (χ3v) is 4.08. The summed E-state index contributed by atoms with van der Waals surface area (Å²) < 4.78 is 5.94. The van der Waals surface area contributed by atoms with Crippen LogP contribution in [0.25, 0.3) is 0 Å². The van der Waals surface area contributed by atoms with Crippen LogP contribution in [-0.2, 0) is 6.61 Å². The van der Waals surface area contributed by atoms with E-state index in [0.29, 0.717) is 23.6 Å². The predicted molar refractivity (Wildman–Crippen MR) is 104 cm³/mol. The molecule has 1 amide bonds.